The van der Waals surface area contributed by atoms with Crippen molar-refractivity contribution in [2.45, 2.75) is 38.1 Å². The van der Waals surface area contributed by atoms with Crippen molar-refractivity contribution < 1.29 is 0 Å². The van der Waals surface area contributed by atoms with E-state index in [2.05, 4.69) is 48.4 Å². The van der Waals surface area contributed by atoms with Gasteiger partial charge in [0, 0.05) is 12.6 Å². The minimum atomic E-state index is 0.715. The van der Waals surface area contributed by atoms with E-state index in [1.807, 2.05) is 0 Å². The molecule has 0 unspecified atom stereocenters. The summed E-state index contributed by atoms with van der Waals surface area (Å²) in [5, 5.41) is 0. The number of rotatable bonds is 2. The Labute approximate surface area is 111 Å². The molecule has 0 bridgehead atoms. The molecule has 0 aromatic heterocycles. The third kappa shape index (κ3) is 2.37. The Bertz CT molecular complexity index is 420. The van der Waals surface area contributed by atoms with Gasteiger partial charge >= 0.3 is 0 Å². The van der Waals surface area contributed by atoms with Gasteiger partial charge in [0.15, 0.2) is 0 Å². The number of likely N-dealkylation sites (tertiary alicyclic amines) is 1. The number of allylic oxidation sites excluding steroid dienone is 1. The second-order valence-electron chi connectivity index (χ2n) is 5.80. The molecule has 0 spiro atoms. The molecule has 0 N–H and O–H groups in total. The van der Waals surface area contributed by atoms with E-state index in [1.165, 1.54) is 44.2 Å². The smallest absolute Gasteiger partial charge is 0.0198 e. The van der Waals surface area contributed by atoms with Crippen molar-refractivity contribution in [2.24, 2.45) is 5.92 Å². The molecule has 1 nitrogen and oxygen atoms in total. The molecule has 2 atom stereocenters. The van der Waals surface area contributed by atoms with E-state index in [-0.39, 0.29) is 0 Å². The molecule has 96 valence electrons. The van der Waals surface area contributed by atoms with Gasteiger partial charge in [-0.2, -0.15) is 0 Å². The summed E-state index contributed by atoms with van der Waals surface area (Å²) in [6.45, 7) is 1.24. The largest absolute Gasteiger partial charge is 0.302 e. The van der Waals surface area contributed by atoms with Gasteiger partial charge in [-0.05, 0) is 50.6 Å². The molecule has 1 heteroatoms. The summed E-state index contributed by atoms with van der Waals surface area (Å²) < 4.78 is 0. The SMILES string of the molecule is CN1CCC2=CCCC[C@H]2[C@H]1Cc1ccccc1. The van der Waals surface area contributed by atoms with Crippen LogP contribution in [-0.4, -0.2) is 24.5 Å². The maximum atomic E-state index is 2.58. The normalized spacial score (nSPS) is 28.6. The number of likely N-dealkylation sites (N-methyl/N-ethyl adjacent to an activating group) is 1. The highest BCUT2D eigenvalue weighted by atomic mass is 15.1. The first-order valence-corrected chi connectivity index (χ1v) is 7.27. The lowest BCUT2D eigenvalue weighted by Gasteiger charge is -2.43. The lowest BCUT2D eigenvalue weighted by Crippen LogP contribution is -2.45. The average molecular weight is 241 g/mol. The van der Waals surface area contributed by atoms with E-state index >= 15 is 0 Å². The Hall–Kier alpha value is -1.08. The van der Waals surface area contributed by atoms with Gasteiger partial charge in [0.05, 0.1) is 0 Å². The van der Waals surface area contributed by atoms with Crippen LogP contribution in [0.1, 0.15) is 31.2 Å². The molecule has 1 aromatic rings. The van der Waals surface area contributed by atoms with Crippen molar-refractivity contribution in [2.75, 3.05) is 13.6 Å². The maximum Gasteiger partial charge on any atom is 0.0198 e. The predicted octanol–water partition coefficient (Wildman–Crippen LogP) is 3.66. The van der Waals surface area contributed by atoms with Crippen LogP contribution in [0, 0.1) is 5.92 Å². The number of hydrogen-bond acceptors (Lipinski definition) is 1. The maximum absolute atomic E-state index is 2.58. The molecule has 1 heterocycles. The molecule has 1 fully saturated rings. The highest BCUT2D eigenvalue weighted by Crippen LogP contribution is 2.36. The zero-order valence-corrected chi connectivity index (χ0v) is 11.3. The van der Waals surface area contributed by atoms with Crippen molar-refractivity contribution >= 4 is 0 Å². The Morgan fingerprint density at radius 3 is 2.89 bits per heavy atom. The van der Waals surface area contributed by atoms with Crippen molar-refractivity contribution in [1.82, 2.24) is 4.90 Å². The number of piperidine rings is 1. The molecule has 0 amide bonds. The van der Waals surface area contributed by atoms with Crippen LogP contribution >= 0.6 is 0 Å². The van der Waals surface area contributed by atoms with E-state index in [4.69, 9.17) is 0 Å². The molecule has 0 saturated carbocycles. The van der Waals surface area contributed by atoms with E-state index in [0.29, 0.717) is 6.04 Å². The molecule has 3 rings (SSSR count). The van der Waals surface area contributed by atoms with Crippen LogP contribution in [0.15, 0.2) is 42.0 Å². The minimum absolute atomic E-state index is 0.715. The average Bonchev–Trinajstić information content (AvgIpc) is 2.43. The summed E-state index contributed by atoms with van der Waals surface area (Å²) in [6, 6.07) is 11.7. The van der Waals surface area contributed by atoms with Gasteiger partial charge < -0.3 is 4.90 Å². The molecule has 0 radical (unpaired) electrons. The summed E-state index contributed by atoms with van der Waals surface area (Å²) in [5.74, 6) is 0.817. The van der Waals surface area contributed by atoms with Crippen molar-refractivity contribution in [3.8, 4) is 0 Å². The van der Waals surface area contributed by atoms with Crippen LogP contribution in [0.2, 0.25) is 0 Å². The summed E-state index contributed by atoms with van der Waals surface area (Å²) in [4.78, 5) is 2.58. The van der Waals surface area contributed by atoms with Gasteiger partial charge in [-0.3, -0.25) is 0 Å². The zero-order valence-electron chi connectivity index (χ0n) is 11.3. The topological polar surface area (TPSA) is 3.24 Å². The van der Waals surface area contributed by atoms with Crippen LogP contribution < -0.4 is 0 Å². The Balaban J connectivity index is 1.80. The second kappa shape index (κ2) is 5.27. The van der Waals surface area contributed by atoms with E-state index in [9.17, 15) is 0 Å². The van der Waals surface area contributed by atoms with Crippen LogP contribution in [-0.2, 0) is 6.42 Å². The standard InChI is InChI=1S/C17H23N/c1-18-12-11-15-9-5-6-10-16(15)17(18)13-14-7-3-2-4-8-14/h2-4,7-9,16-17H,5-6,10-13H2,1H3/t16-,17-/m1/s1. The van der Waals surface area contributed by atoms with Crippen LogP contribution in [0.25, 0.3) is 0 Å². The number of fused-ring (bicyclic) bond motifs is 1. The summed E-state index contributed by atoms with van der Waals surface area (Å²) in [7, 11) is 2.30. The van der Waals surface area contributed by atoms with Crippen LogP contribution in [0.5, 0.6) is 0 Å². The lowest BCUT2D eigenvalue weighted by atomic mass is 9.76. The zero-order chi connectivity index (χ0) is 12.4. The molecule has 1 aliphatic carbocycles. The summed E-state index contributed by atoms with van der Waals surface area (Å²) >= 11 is 0. The highest BCUT2D eigenvalue weighted by Gasteiger charge is 2.33. The number of benzene rings is 1. The molecular weight excluding hydrogens is 218 g/mol. The lowest BCUT2D eigenvalue weighted by molar-refractivity contribution is 0.148. The van der Waals surface area contributed by atoms with Gasteiger partial charge in [0.2, 0.25) is 0 Å². The first-order chi connectivity index (χ1) is 8.84. The van der Waals surface area contributed by atoms with Crippen molar-refractivity contribution in [1.29, 1.82) is 0 Å². The molecule has 1 aromatic carbocycles. The Kier molecular flexibility index (Phi) is 3.51. The van der Waals surface area contributed by atoms with Crippen molar-refractivity contribution in [3.63, 3.8) is 0 Å². The van der Waals surface area contributed by atoms with Gasteiger partial charge in [-0.25, -0.2) is 0 Å². The fourth-order valence-electron chi connectivity index (χ4n) is 3.62. The van der Waals surface area contributed by atoms with Gasteiger partial charge in [-0.15, -0.1) is 0 Å². The fourth-order valence-corrected chi connectivity index (χ4v) is 3.62. The highest BCUT2D eigenvalue weighted by molar-refractivity contribution is 5.21. The molecule has 1 saturated heterocycles. The minimum Gasteiger partial charge on any atom is -0.302 e. The molecule has 18 heavy (non-hydrogen) atoms. The fraction of sp³-hybridized carbons (Fsp3) is 0.529. The Morgan fingerprint density at radius 2 is 2.06 bits per heavy atom. The second-order valence-corrected chi connectivity index (χ2v) is 5.80. The van der Waals surface area contributed by atoms with Gasteiger partial charge in [-0.1, -0.05) is 42.0 Å². The third-order valence-corrected chi connectivity index (χ3v) is 4.67. The predicted molar refractivity (Wildman–Crippen MR) is 76.6 cm³/mol. The van der Waals surface area contributed by atoms with E-state index in [0.717, 1.165) is 5.92 Å². The molecular formula is C17H23N. The van der Waals surface area contributed by atoms with Gasteiger partial charge in [0.25, 0.3) is 0 Å². The van der Waals surface area contributed by atoms with Gasteiger partial charge in [0.1, 0.15) is 0 Å². The molecule has 2 aliphatic rings. The first-order valence-electron chi connectivity index (χ1n) is 7.27. The quantitative estimate of drug-likeness (QED) is 0.714. The number of hydrogen-bond donors (Lipinski definition) is 0. The van der Waals surface area contributed by atoms with Crippen LogP contribution in [0.3, 0.4) is 0 Å². The first kappa shape index (κ1) is 12.0. The number of nitrogens with zero attached hydrogens (tertiary/aromatic N) is 1. The summed E-state index contributed by atoms with van der Waals surface area (Å²) in [5.41, 5.74) is 3.24. The third-order valence-electron chi connectivity index (χ3n) is 4.67. The van der Waals surface area contributed by atoms with Crippen LogP contribution in [0.4, 0.5) is 0 Å². The molecule has 1 aliphatic heterocycles. The summed E-state index contributed by atoms with van der Waals surface area (Å²) in [6.07, 6.45) is 9.12. The van der Waals surface area contributed by atoms with E-state index < -0.39 is 0 Å². The van der Waals surface area contributed by atoms with E-state index in [1.54, 1.807) is 5.57 Å². The Morgan fingerprint density at radius 1 is 1.22 bits per heavy atom. The van der Waals surface area contributed by atoms with Crippen molar-refractivity contribution in [3.05, 3.63) is 47.5 Å². The monoisotopic (exact) mass is 241 g/mol.